The molecule has 0 amide bonds. The molecule has 2 heterocycles. The molecule has 1 fully saturated rings. The molecule has 1 aromatic heterocycles. The number of nitrogens with zero attached hydrogens (tertiary/aromatic N) is 5. The van der Waals surface area contributed by atoms with Crippen LogP contribution in [0.4, 0.5) is 10.1 Å². The number of hydrogen-bond acceptors (Lipinski definition) is 6. The van der Waals surface area contributed by atoms with Crippen LogP contribution in [0.15, 0.2) is 35.6 Å². The van der Waals surface area contributed by atoms with Gasteiger partial charge >= 0.3 is 0 Å². The average molecular weight is 383 g/mol. The molecular weight excluding hydrogens is 357 g/mol. The predicted octanol–water partition coefficient (Wildman–Crippen LogP) is 3.49. The average Bonchev–Trinajstić information content (AvgIpc) is 2.70. The summed E-state index contributed by atoms with van der Waals surface area (Å²) in [6.07, 6.45) is 2.29. The van der Waals surface area contributed by atoms with Gasteiger partial charge in [-0.25, -0.2) is 9.92 Å². The number of aromatic nitrogens is 2. The maximum atomic E-state index is 15.3. The Balaban J connectivity index is 1.80. The zero-order valence-corrected chi connectivity index (χ0v) is 16.3. The van der Waals surface area contributed by atoms with E-state index in [4.69, 9.17) is 10.9 Å². The second-order valence-electron chi connectivity index (χ2n) is 7.47. The van der Waals surface area contributed by atoms with Crippen LogP contribution >= 0.6 is 0 Å². The van der Waals surface area contributed by atoms with Crippen LogP contribution in [-0.4, -0.2) is 47.1 Å². The van der Waals surface area contributed by atoms with Crippen LogP contribution in [0.1, 0.15) is 30.7 Å². The highest BCUT2D eigenvalue weighted by atomic mass is 19.1. The minimum atomic E-state index is -0.290. The van der Waals surface area contributed by atoms with Gasteiger partial charge in [0.05, 0.1) is 11.4 Å². The Bertz CT molecular complexity index is 830. The molecule has 0 atom stereocenters. The van der Waals surface area contributed by atoms with Gasteiger partial charge in [0.1, 0.15) is 5.82 Å². The van der Waals surface area contributed by atoms with E-state index in [1.54, 1.807) is 18.3 Å². The molecule has 2 N–H and O–H groups in total. The number of anilines is 1. The van der Waals surface area contributed by atoms with Crippen LogP contribution in [-0.2, 0) is 13.0 Å². The fraction of sp³-hybridized carbons (Fsp3) is 0.450. The number of halogens is 1. The Labute approximate surface area is 164 Å². The lowest BCUT2D eigenvalue weighted by Gasteiger charge is -2.37. The zero-order chi connectivity index (χ0) is 20.1. The van der Waals surface area contributed by atoms with Gasteiger partial charge in [-0.1, -0.05) is 19.9 Å². The second-order valence-corrected chi connectivity index (χ2v) is 7.47. The van der Waals surface area contributed by atoms with Gasteiger partial charge in [-0.15, -0.1) is 5.11 Å². The topological polar surface area (TPSA) is 92.3 Å². The van der Waals surface area contributed by atoms with E-state index < -0.39 is 0 Å². The monoisotopic (exact) mass is 383 g/mol. The van der Waals surface area contributed by atoms with Crippen molar-refractivity contribution in [2.45, 2.75) is 26.8 Å². The molecule has 0 radical (unpaired) electrons. The summed E-state index contributed by atoms with van der Waals surface area (Å²) < 4.78 is 15.3. The van der Waals surface area contributed by atoms with Crippen molar-refractivity contribution in [1.29, 1.82) is 10.9 Å². The van der Waals surface area contributed by atoms with Crippen molar-refractivity contribution in [3.05, 3.63) is 53.1 Å². The van der Waals surface area contributed by atoms with Crippen LogP contribution in [0, 0.1) is 22.7 Å². The van der Waals surface area contributed by atoms with Crippen LogP contribution in [0.2, 0.25) is 0 Å². The van der Waals surface area contributed by atoms with Crippen LogP contribution < -0.4 is 4.90 Å². The molecule has 0 unspecified atom stereocenters. The summed E-state index contributed by atoms with van der Waals surface area (Å²) in [6, 6.07) is 7.26. The Morgan fingerprint density at radius 1 is 1.21 bits per heavy atom. The third-order valence-electron chi connectivity index (χ3n) is 4.89. The summed E-state index contributed by atoms with van der Waals surface area (Å²) >= 11 is 0. The molecule has 3 rings (SSSR count). The lowest BCUT2D eigenvalue weighted by Crippen LogP contribution is -2.46. The summed E-state index contributed by atoms with van der Waals surface area (Å²) in [5.74, 6) is -0.175. The first-order chi connectivity index (χ1) is 13.5. The molecule has 7 nitrogen and oxygen atoms in total. The highest BCUT2D eigenvalue weighted by Crippen LogP contribution is 2.30. The van der Waals surface area contributed by atoms with Gasteiger partial charge in [0.2, 0.25) is 0 Å². The SMILES string of the molecule is CC(C)Cc1ccc(C(=N)N=N)c(N2CCN(Cc3cccnn3)CC2)c1F. The Morgan fingerprint density at radius 2 is 1.96 bits per heavy atom. The van der Waals surface area contributed by atoms with Gasteiger partial charge in [0.25, 0.3) is 0 Å². The molecule has 1 aliphatic heterocycles. The summed E-state index contributed by atoms with van der Waals surface area (Å²) in [5, 5.41) is 19.2. The standard InChI is InChI=1S/C20H26FN7/c1-14(2)12-15-5-6-17(20(22)25-23)19(18(15)21)28-10-8-27(9-11-28)13-16-4-3-7-24-26-16/h3-7,14,22-23H,8-13H2,1-2H3. The first kappa shape index (κ1) is 20.0. The van der Waals surface area contributed by atoms with Gasteiger partial charge in [0.15, 0.2) is 5.84 Å². The Hall–Kier alpha value is -2.74. The van der Waals surface area contributed by atoms with Gasteiger partial charge in [-0.05, 0) is 36.1 Å². The number of hydrogen-bond donors (Lipinski definition) is 2. The molecule has 0 saturated carbocycles. The highest BCUT2D eigenvalue weighted by molar-refractivity contribution is 6.02. The summed E-state index contributed by atoms with van der Waals surface area (Å²) in [6.45, 7) is 7.62. The van der Waals surface area contributed by atoms with Crippen molar-refractivity contribution < 1.29 is 4.39 Å². The molecule has 1 aliphatic rings. The van der Waals surface area contributed by atoms with E-state index in [2.05, 4.69) is 34.1 Å². The van der Waals surface area contributed by atoms with Crippen molar-refractivity contribution in [1.82, 2.24) is 15.1 Å². The molecule has 0 aliphatic carbocycles. The van der Waals surface area contributed by atoms with Gasteiger partial charge in [-0.2, -0.15) is 10.2 Å². The van der Waals surface area contributed by atoms with E-state index in [1.165, 1.54) is 0 Å². The van der Waals surface area contributed by atoms with Crippen LogP contribution in [0.25, 0.3) is 0 Å². The summed E-state index contributed by atoms with van der Waals surface area (Å²) in [7, 11) is 0. The van der Waals surface area contributed by atoms with Crippen LogP contribution in [0.3, 0.4) is 0 Å². The molecule has 28 heavy (non-hydrogen) atoms. The number of benzene rings is 1. The third kappa shape index (κ3) is 4.56. The maximum absolute atomic E-state index is 15.3. The molecular formula is C20H26FN7. The fourth-order valence-corrected chi connectivity index (χ4v) is 3.54. The number of amidine groups is 1. The minimum Gasteiger partial charge on any atom is -0.366 e. The molecule has 1 aromatic carbocycles. The first-order valence-electron chi connectivity index (χ1n) is 9.51. The quantitative estimate of drug-likeness (QED) is 0.454. The summed E-state index contributed by atoms with van der Waals surface area (Å²) in [5.41, 5.74) is 9.53. The number of rotatable bonds is 6. The number of piperazine rings is 1. The normalized spacial score (nSPS) is 15.1. The van der Waals surface area contributed by atoms with Gasteiger partial charge in [-0.3, -0.25) is 10.3 Å². The smallest absolute Gasteiger partial charge is 0.175 e. The third-order valence-corrected chi connectivity index (χ3v) is 4.89. The zero-order valence-electron chi connectivity index (χ0n) is 16.3. The summed E-state index contributed by atoms with van der Waals surface area (Å²) in [4.78, 5) is 4.23. The van der Waals surface area contributed by atoms with Crippen molar-refractivity contribution in [2.24, 2.45) is 11.0 Å². The van der Waals surface area contributed by atoms with E-state index in [-0.39, 0.29) is 11.7 Å². The molecule has 148 valence electrons. The van der Waals surface area contributed by atoms with Crippen molar-refractivity contribution in [3.8, 4) is 0 Å². The lowest BCUT2D eigenvalue weighted by atomic mass is 9.98. The van der Waals surface area contributed by atoms with E-state index in [9.17, 15) is 0 Å². The molecule has 0 bridgehead atoms. The molecule has 1 saturated heterocycles. The largest absolute Gasteiger partial charge is 0.366 e. The molecule has 0 spiro atoms. The second kappa shape index (κ2) is 8.97. The fourth-order valence-electron chi connectivity index (χ4n) is 3.54. The van der Waals surface area contributed by atoms with E-state index in [0.717, 1.165) is 18.8 Å². The minimum absolute atomic E-state index is 0.216. The van der Waals surface area contributed by atoms with Crippen molar-refractivity contribution in [3.63, 3.8) is 0 Å². The first-order valence-corrected chi connectivity index (χ1v) is 9.51. The van der Waals surface area contributed by atoms with Crippen LogP contribution in [0.5, 0.6) is 0 Å². The van der Waals surface area contributed by atoms with Crippen molar-refractivity contribution >= 4 is 11.5 Å². The molecule has 8 heteroatoms. The Morgan fingerprint density at radius 3 is 2.57 bits per heavy atom. The highest BCUT2D eigenvalue weighted by Gasteiger charge is 2.25. The van der Waals surface area contributed by atoms with E-state index in [0.29, 0.717) is 48.8 Å². The van der Waals surface area contributed by atoms with Gasteiger partial charge < -0.3 is 4.90 Å². The van der Waals surface area contributed by atoms with E-state index >= 15 is 4.39 Å². The number of nitrogens with one attached hydrogen (secondary N) is 2. The van der Waals surface area contributed by atoms with Gasteiger partial charge in [0, 0.05) is 44.5 Å². The molecule has 2 aromatic rings. The lowest BCUT2D eigenvalue weighted by molar-refractivity contribution is 0.245. The maximum Gasteiger partial charge on any atom is 0.175 e. The Kier molecular flexibility index (Phi) is 6.41. The predicted molar refractivity (Wildman–Crippen MR) is 106 cm³/mol. The van der Waals surface area contributed by atoms with E-state index in [1.807, 2.05) is 17.0 Å². The van der Waals surface area contributed by atoms with Crippen molar-refractivity contribution in [2.75, 3.05) is 31.1 Å².